The molecule has 0 unspecified atom stereocenters. The molecule has 0 atom stereocenters. The van der Waals surface area contributed by atoms with Gasteiger partial charge in [-0.3, -0.25) is 0 Å². The van der Waals surface area contributed by atoms with E-state index in [1.165, 1.54) is 12.3 Å². The summed E-state index contributed by atoms with van der Waals surface area (Å²) in [6, 6.07) is 5.35. The van der Waals surface area contributed by atoms with E-state index in [1.807, 2.05) is 18.7 Å². The molecule has 0 fully saturated rings. The Labute approximate surface area is 89.2 Å². The van der Waals surface area contributed by atoms with E-state index in [0.29, 0.717) is 18.8 Å². The van der Waals surface area contributed by atoms with Gasteiger partial charge in [-0.25, -0.2) is 9.37 Å². The van der Waals surface area contributed by atoms with E-state index in [2.05, 4.69) is 11.1 Å². The molecule has 0 bridgehead atoms. The second-order valence-corrected chi connectivity index (χ2v) is 3.53. The Morgan fingerprint density at radius 3 is 2.73 bits per heavy atom. The lowest BCUT2D eigenvalue weighted by Crippen LogP contribution is -2.32. The summed E-state index contributed by atoms with van der Waals surface area (Å²) in [5, 5.41) is 8.53. The topological polar surface area (TPSA) is 39.9 Å². The van der Waals surface area contributed by atoms with Crippen LogP contribution in [0.15, 0.2) is 18.3 Å². The van der Waals surface area contributed by atoms with E-state index < -0.39 is 0 Å². The molecule has 0 amide bonds. The molecule has 1 aromatic heterocycles. The first kappa shape index (κ1) is 11.4. The highest BCUT2D eigenvalue weighted by Gasteiger charge is 2.10. The zero-order chi connectivity index (χ0) is 11.3. The SMILES string of the molecule is CC(C)N(CCC#N)c1ccc(F)cn1. The van der Waals surface area contributed by atoms with Crippen molar-refractivity contribution in [2.24, 2.45) is 0 Å². The second-order valence-electron chi connectivity index (χ2n) is 3.53. The van der Waals surface area contributed by atoms with Crippen molar-refractivity contribution in [3.63, 3.8) is 0 Å². The van der Waals surface area contributed by atoms with Crippen LogP contribution in [-0.2, 0) is 0 Å². The third-order valence-corrected chi connectivity index (χ3v) is 2.09. The molecule has 0 aliphatic carbocycles. The molecule has 0 radical (unpaired) electrons. The molecule has 3 nitrogen and oxygen atoms in total. The number of nitriles is 1. The Morgan fingerprint density at radius 1 is 1.53 bits per heavy atom. The Morgan fingerprint density at radius 2 is 2.27 bits per heavy atom. The van der Waals surface area contributed by atoms with Crippen molar-refractivity contribution in [3.8, 4) is 6.07 Å². The van der Waals surface area contributed by atoms with Crippen LogP contribution >= 0.6 is 0 Å². The van der Waals surface area contributed by atoms with Crippen molar-refractivity contribution in [1.82, 2.24) is 4.98 Å². The smallest absolute Gasteiger partial charge is 0.141 e. The molecule has 1 aromatic rings. The molecular weight excluding hydrogens is 193 g/mol. The van der Waals surface area contributed by atoms with Crippen LogP contribution in [0.5, 0.6) is 0 Å². The van der Waals surface area contributed by atoms with E-state index in [9.17, 15) is 4.39 Å². The fourth-order valence-corrected chi connectivity index (χ4v) is 1.35. The van der Waals surface area contributed by atoms with E-state index in [4.69, 9.17) is 5.26 Å². The van der Waals surface area contributed by atoms with E-state index >= 15 is 0 Å². The van der Waals surface area contributed by atoms with Crippen LogP contribution in [0, 0.1) is 17.1 Å². The van der Waals surface area contributed by atoms with Gasteiger partial charge in [-0.1, -0.05) is 0 Å². The quantitative estimate of drug-likeness (QED) is 0.760. The number of anilines is 1. The molecule has 0 spiro atoms. The molecule has 0 aromatic carbocycles. The summed E-state index contributed by atoms with van der Waals surface area (Å²) in [5.74, 6) is 0.365. The van der Waals surface area contributed by atoms with Crippen LogP contribution in [0.1, 0.15) is 20.3 Å². The first-order valence-electron chi connectivity index (χ1n) is 4.90. The summed E-state index contributed by atoms with van der Waals surface area (Å²) in [6.45, 7) is 4.65. The van der Waals surface area contributed by atoms with Gasteiger partial charge in [-0.2, -0.15) is 5.26 Å². The van der Waals surface area contributed by atoms with Gasteiger partial charge in [0.1, 0.15) is 11.6 Å². The summed E-state index contributed by atoms with van der Waals surface area (Å²) in [4.78, 5) is 5.97. The molecule has 1 heterocycles. The van der Waals surface area contributed by atoms with Crippen molar-refractivity contribution >= 4 is 5.82 Å². The Kier molecular flexibility index (Phi) is 4.04. The van der Waals surface area contributed by atoms with Gasteiger partial charge in [0.15, 0.2) is 0 Å². The van der Waals surface area contributed by atoms with E-state index in [1.54, 1.807) is 6.07 Å². The molecule has 0 aliphatic heterocycles. The number of nitrogens with zero attached hydrogens (tertiary/aromatic N) is 3. The Bertz CT molecular complexity index is 340. The average Bonchev–Trinajstić information content (AvgIpc) is 2.21. The van der Waals surface area contributed by atoms with Crippen molar-refractivity contribution in [1.29, 1.82) is 5.26 Å². The highest BCUT2D eigenvalue weighted by molar-refractivity contribution is 5.38. The Hall–Kier alpha value is -1.63. The minimum atomic E-state index is -0.345. The van der Waals surface area contributed by atoms with Crippen LogP contribution in [0.4, 0.5) is 10.2 Å². The summed E-state index contributed by atoms with van der Waals surface area (Å²) in [6.07, 6.45) is 1.63. The molecule has 0 aliphatic rings. The largest absolute Gasteiger partial charge is 0.353 e. The van der Waals surface area contributed by atoms with Crippen LogP contribution in [-0.4, -0.2) is 17.6 Å². The van der Waals surface area contributed by atoms with Gasteiger partial charge < -0.3 is 4.90 Å². The molecule has 80 valence electrons. The molecule has 15 heavy (non-hydrogen) atoms. The van der Waals surface area contributed by atoms with Crippen molar-refractivity contribution in [2.75, 3.05) is 11.4 Å². The van der Waals surface area contributed by atoms with Gasteiger partial charge in [0.05, 0.1) is 18.7 Å². The van der Waals surface area contributed by atoms with Crippen LogP contribution in [0.2, 0.25) is 0 Å². The number of rotatable bonds is 4. The monoisotopic (exact) mass is 207 g/mol. The minimum Gasteiger partial charge on any atom is -0.353 e. The number of hydrogen-bond donors (Lipinski definition) is 0. The lowest BCUT2D eigenvalue weighted by Gasteiger charge is -2.26. The number of hydrogen-bond acceptors (Lipinski definition) is 3. The third-order valence-electron chi connectivity index (χ3n) is 2.09. The molecule has 0 N–H and O–H groups in total. The summed E-state index contributed by atoms with van der Waals surface area (Å²) >= 11 is 0. The minimum absolute atomic E-state index is 0.247. The number of pyridine rings is 1. The van der Waals surface area contributed by atoms with Crippen molar-refractivity contribution < 1.29 is 4.39 Å². The van der Waals surface area contributed by atoms with Crippen molar-refractivity contribution in [3.05, 3.63) is 24.1 Å². The average molecular weight is 207 g/mol. The molecular formula is C11H14FN3. The summed E-state index contributed by atoms with van der Waals surface area (Å²) in [5.41, 5.74) is 0. The maximum atomic E-state index is 12.7. The molecule has 0 saturated heterocycles. The Balaban J connectivity index is 2.80. The lowest BCUT2D eigenvalue weighted by atomic mass is 10.3. The van der Waals surface area contributed by atoms with Gasteiger partial charge in [0, 0.05) is 12.6 Å². The van der Waals surface area contributed by atoms with E-state index in [0.717, 1.165) is 0 Å². The van der Waals surface area contributed by atoms with Gasteiger partial charge in [0.2, 0.25) is 0 Å². The maximum absolute atomic E-state index is 12.7. The van der Waals surface area contributed by atoms with Crippen molar-refractivity contribution in [2.45, 2.75) is 26.3 Å². The highest BCUT2D eigenvalue weighted by Crippen LogP contribution is 2.14. The predicted octanol–water partition coefficient (Wildman–Crippen LogP) is 2.35. The second kappa shape index (κ2) is 5.30. The van der Waals surface area contributed by atoms with Gasteiger partial charge in [-0.15, -0.1) is 0 Å². The highest BCUT2D eigenvalue weighted by atomic mass is 19.1. The molecule has 1 rings (SSSR count). The standard InChI is InChI=1S/C11H14FN3/c1-9(2)15(7-3-6-13)11-5-4-10(12)8-14-11/h4-5,8-9H,3,7H2,1-2H3. The van der Waals surface area contributed by atoms with Gasteiger partial charge >= 0.3 is 0 Å². The summed E-state index contributed by atoms with van der Waals surface area (Å²) < 4.78 is 12.7. The maximum Gasteiger partial charge on any atom is 0.141 e. The lowest BCUT2D eigenvalue weighted by molar-refractivity contribution is 0.616. The number of aromatic nitrogens is 1. The van der Waals surface area contributed by atoms with Crippen LogP contribution < -0.4 is 4.90 Å². The molecule has 4 heteroatoms. The molecule has 0 saturated carbocycles. The predicted molar refractivity (Wildman–Crippen MR) is 56.9 cm³/mol. The first-order valence-corrected chi connectivity index (χ1v) is 4.90. The first-order chi connectivity index (χ1) is 7.15. The van der Waals surface area contributed by atoms with Crippen LogP contribution in [0.25, 0.3) is 0 Å². The fourth-order valence-electron chi connectivity index (χ4n) is 1.35. The van der Waals surface area contributed by atoms with E-state index in [-0.39, 0.29) is 11.9 Å². The normalized spacial score (nSPS) is 10.1. The zero-order valence-electron chi connectivity index (χ0n) is 8.94. The zero-order valence-corrected chi connectivity index (χ0v) is 8.94. The van der Waals surface area contributed by atoms with Gasteiger partial charge in [0.25, 0.3) is 0 Å². The number of halogens is 1. The third kappa shape index (κ3) is 3.21. The summed E-state index contributed by atoms with van der Waals surface area (Å²) in [7, 11) is 0. The van der Waals surface area contributed by atoms with Crippen LogP contribution in [0.3, 0.4) is 0 Å². The van der Waals surface area contributed by atoms with Gasteiger partial charge in [-0.05, 0) is 26.0 Å². The fraction of sp³-hybridized carbons (Fsp3) is 0.455.